The predicted molar refractivity (Wildman–Crippen MR) is 57.5 cm³/mol. The number of aromatic nitrogens is 2. The predicted octanol–water partition coefficient (Wildman–Crippen LogP) is 2.55. The molecule has 0 aromatic carbocycles. The van der Waals surface area contributed by atoms with E-state index in [1.54, 1.807) is 17.5 Å². The molecule has 0 saturated carbocycles. The molecule has 2 aromatic heterocycles. The number of anilines is 1. The Kier molecular flexibility index (Phi) is 2.28. The normalized spacial score (nSPS) is 10.2. The van der Waals surface area contributed by atoms with Gasteiger partial charge in [-0.2, -0.15) is 0 Å². The van der Waals surface area contributed by atoms with Gasteiger partial charge in [-0.15, -0.1) is 11.3 Å². The summed E-state index contributed by atoms with van der Waals surface area (Å²) < 4.78 is 0.865. The topological polar surface area (TPSA) is 51.8 Å². The van der Waals surface area contributed by atoms with E-state index in [0.717, 1.165) is 15.0 Å². The van der Waals surface area contributed by atoms with Crippen molar-refractivity contribution in [3.05, 3.63) is 28.2 Å². The Morgan fingerprint density at radius 2 is 2.31 bits per heavy atom. The van der Waals surface area contributed by atoms with Crippen LogP contribution in [-0.2, 0) is 0 Å². The molecule has 0 saturated heterocycles. The average Bonchev–Trinajstić information content (AvgIpc) is 2.61. The molecule has 0 unspecified atom stereocenters. The van der Waals surface area contributed by atoms with Gasteiger partial charge in [-0.05, 0) is 27.4 Å². The zero-order valence-electron chi connectivity index (χ0n) is 6.57. The third kappa shape index (κ3) is 1.71. The lowest BCUT2D eigenvalue weighted by Crippen LogP contribution is -1.95. The van der Waals surface area contributed by atoms with Crippen molar-refractivity contribution in [2.75, 3.05) is 5.73 Å². The van der Waals surface area contributed by atoms with Crippen molar-refractivity contribution >= 4 is 33.2 Å². The van der Waals surface area contributed by atoms with E-state index in [0.29, 0.717) is 5.95 Å². The summed E-state index contributed by atoms with van der Waals surface area (Å²) in [4.78, 5) is 9.10. The van der Waals surface area contributed by atoms with Gasteiger partial charge in [0.25, 0.3) is 0 Å². The fourth-order valence-electron chi connectivity index (χ4n) is 0.967. The Morgan fingerprint density at radius 3 is 3.00 bits per heavy atom. The second-order valence-electron chi connectivity index (χ2n) is 2.40. The van der Waals surface area contributed by atoms with Crippen LogP contribution in [0.4, 0.5) is 5.95 Å². The molecule has 0 bridgehead atoms. The molecule has 2 N–H and O–H groups in total. The molecular formula is C8H6BrN3S. The summed E-state index contributed by atoms with van der Waals surface area (Å²) in [6, 6.07) is 3.97. The lowest BCUT2D eigenvalue weighted by atomic mass is 10.3. The third-order valence-corrected chi connectivity index (χ3v) is 2.97. The van der Waals surface area contributed by atoms with Crippen LogP contribution < -0.4 is 5.73 Å². The van der Waals surface area contributed by atoms with Crippen molar-refractivity contribution in [2.24, 2.45) is 0 Å². The van der Waals surface area contributed by atoms with Gasteiger partial charge in [0.15, 0.2) is 0 Å². The van der Waals surface area contributed by atoms with E-state index in [1.807, 2.05) is 17.5 Å². The fourth-order valence-corrected chi connectivity index (χ4v) is 2.23. The molecule has 2 heterocycles. The molecule has 13 heavy (non-hydrogen) atoms. The quantitative estimate of drug-likeness (QED) is 0.853. The van der Waals surface area contributed by atoms with Crippen molar-refractivity contribution < 1.29 is 0 Å². The monoisotopic (exact) mass is 255 g/mol. The van der Waals surface area contributed by atoms with Gasteiger partial charge in [0, 0.05) is 6.20 Å². The molecule has 66 valence electrons. The van der Waals surface area contributed by atoms with Gasteiger partial charge in [0.2, 0.25) is 5.95 Å². The van der Waals surface area contributed by atoms with Crippen LogP contribution >= 0.6 is 27.3 Å². The van der Waals surface area contributed by atoms with Crippen LogP contribution in [0.1, 0.15) is 0 Å². The van der Waals surface area contributed by atoms with Gasteiger partial charge in [0.05, 0.1) is 15.0 Å². The number of halogens is 1. The molecule has 0 atom stereocenters. The van der Waals surface area contributed by atoms with E-state index in [9.17, 15) is 0 Å². The third-order valence-electron chi connectivity index (χ3n) is 1.52. The van der Waals surface area contributed by atoms with Crippen LogP contribution in [0.15, 0.2) is 28.2 Å². The summed E-state index contributed by atoms with van der Waals surface area (Å²) in [7, 11) is 0. The number of nitrogens with zero attached hydrogens (tertiary/aromatic N) is 2. The second kappa shape index (κ2) is 3.43. The van der Waals surface area contributed by atoms with Crippen LogP contribution in [0, 0.1) is 0 Å². The first kappa shape index (κ1) is 8.65. The molecule has 0 aliphatic heterocycles. The largest absolute Gasteiger partial charge is 0.368 e. The summed E-state index contributed by atoms with van der Waals surface area (Å²) in [5.74, 6) is 0.298. The average molecular weight is 256 g/mol. The molecule has 0 radical (unpaired) electrons. The standard InChI is InChI=1S/C8H6BrN3S/c9-5-4-11-8(10)12-7(5)6-2-1-3-13-6/h1-4H,(H2,10,11,12). The van der Waals surface area contributed by atoms with Crippen LogP contribution in [-0.4, -0.2) is 9.97 Å². The molecule has 0 amide bonds. The molecule has 5 heteroatoms. The van der Waals surface area contributed by atoms with E-state index in [4.69, 9.17) is 5.73 Å². The van der Waals surface area contributed by atoms with E-state index < -0.39 is 0 Å². The highest BCUT2D eigenvalue weighted by Gasteiger charge is 2.06. The first-order valence-electron chi connectivity index (χ1n) is 3.59. The number of thiophene rings is 1. The molecule has 0 fully saturated rings. The zero-order chi connectivity index (χ0) is 9.26. The molecule has 0 aliphatic carbocycles. The summed E-state index contributed by atoms with van der Waals surface area (Å²) in [6.07, 6.45) is 1.66. The highest BCUT2D eigenvalue weighted by atomic mass is 79.9. The molecule has 0 aliphatic rings. The highest BCUT2D eigenvalue weighted by molar-refractivity contribution is 9.10. The lowest BCUT2D eigenvalue weighted by molar-refractivity contribution is 1.18. The SMILES string of the molecule is Nc1ncc(Br)c(-c2cccs2)n1. The van der Waals surface area contributed by atoms with Gasteiger partial charge < -0.3 is 5.73 Å². The molecule has 0 spiro atoms. The van der Waals surface area contributed by atoms with Crippen molar-refractivity contribution in [1.29, 1.82) is 0 Å². The second-order valence-corrected chi connectivity index (χ2v) is 4.20. The van der Waals surface area contributed by atoms with E-state index >= 15 is 0 Å². The van der Waals surface area contributed by atoms with Gasteiger partial charge in [-0.1, -0.05) is 6.07 Å². The number of nitrogens with two attached hydrogens (primary N) is 1. The van der Waals surface area contributed by atoms with Gasteiger partial charge in [-0.25, -0.2) is 9.97 Å². The van der Waals surface area contributed by atoms with Crippen LogP contribution in [0.2, 0.25) is 0 Å². The molecule has 2 aromatic rings. The Bertz CT molecular complexity index is 413. The first-order valence-corrected chi connectivity index (χ1v) is 5.26. The van der Waals surface area contributed by atoms with E-state index in [2.05, 4.69) is 25.9 Å². The van der Waals surface area contributed by atoms with Crippen molar-refractivity contribution in [2.45, 2.75) is 0 Å². The maximum absolute atomic E-state index is 5.50. The smallest absolute Gasteiger partial charge is 0.220 e. The summed E-state index contributed by atoms with van der Waals surface area (Å²) in [5, 5.41) is 2.00. The Morgan fingerprint density at radius 1 is 1.46 bits per heavy atom. The Hall–Kier alpha value is -0.940. The minimum absolute atomic E-state index is 0.298. The van der Waals surface area contributed by atoms with Crippen molar-refractivity contribution in [3.8, 4) is 10.6 Å². The van der Waals surface area contributed by atoms with E-state index in [1.165, 1.54) is 0 Å². The Labute approximate surface area is 87.8 Å². The zero-order valence-corrected chi connectivity index (χ0v) is 8.97. The minimum atomic E-state index is 0.298. The van der Waals surface area contributed by atoms with Crippen LogP contribution in [0.5, 0.6) is 0 Å². The van der Waals surface area contributed by atoms with Crippen LogP contribution in [0.3, 0.4) is 0 Å². The lowest BCUT2D eigenvalue weighted by Gasteiger charge is -2.00. The number of nitrogen functional groups attached to an aromatic ring is 1. The molecule has 3 nitrogen and oxygen atoms in total. The number of rotatable bonds is 1. The van der Waals surface area contributed by atoms with Gasteiger partial charge >= 0.3 is 0 Å². The van der Waals surface area contributed by atoms with Gasteiger partial charge in [0.1, 0.15) is 0 Å². The molecule has 2 rings (SSSR count). The summed E-state index contributed by atoms with van der Waals surface area (Å²) in [5.41, 5.74) is 6.34. The fraction of sp³-hybridized carbons (Fsp3) is 0. The molecular weight excluding hydrogens is 250 g/mol. The van der Waals surface area contributed by atoms with Crippen molar-refractivity contribution in [3.63, 3.8) is 0 Å². The minimum Gasteiger partial charge on any atom is -0.368 e. The number of hydrogen-bond acceptors (Lipinski definition) is 4. The number of hydrogen-bond donors (Lipinski definition) is 1. The maximum atomic E-state index is 5.50. The highest BCUT2D eigenvalue weighted by Crippen LogP contribution is 2.29. The Balaban J connectivity index is 2.57. The van der Waals surface area contributed by atoms with Crippen LogP contribution in [0.25, 0.3) is 10.6 Å². The maximum Gasteiger partial charge on any atom is 0.220 e. The first-order chi connectivity index (χ1) is 6.27. The summed E-state index contributed by atoms with van der Waals surface area (Å²) in [6.45, 7) is 0. The van der Waals surface area contributed by atoms with E-state index in [-0.39, 0.29) is 0 Å². The summed E-state index contributed by atoms with van der Waals surface area (Å²) >= 11 is 5.00. The van der Waals surface area contributed by atoms with Crippen molar-refractivity contribution in [1.82, 2.24) is 9.97 Å². The van der Waals surface area contributed by atoms with Gasteiger partial charge in [-0.3, -0.25) is 0 Å².